The number of aromatic nitrogens is 1. The van der Waals surface area contributed by atoms with E-state index in [1.165, 1.54) is 11.3 Å². The second kappa shape index (κ2) is 3.46. The highest BCUT2D eigenvalue weighted by atomic mass is 32.1. The molecule has 3 nitrogen and oxygen atoms in total. The molecule has 0 fully saturated rings. The molecule has 1 amide bonds. The average molecular weight is 198 g/mol. The van der Waals surface area contributed by atoms with Crippen LogP contribution >= 0.6 is 11.3 Å². The van der Waals surface area contributed by atoms with E-state index in [0.717, 1.165) is 5.01 Å². The van der Waals surface area contributed by atoms with Crippen molar-refractivity contribution in [2.75, 3.05) is 7.05 Å². The summed E-state index contributed by atoms with van der Waals surface area (Å²) in [6.45, 7) is 6.25. The summed E-state index contributed by atoms with van der Waals surface area (Å²) in [6, 6.07) is 0. The van der Waals surface area contributed by atoms with Gasteiger partial charge in [0.25, 0.3) is 5.91 Å². The van der Waals surface area contributed by atoms with Crippen LogP contribution in [0.5, 0.6) is 0 Å². The lowest BCUT2D eigenvalue weighted by atomic mass is 9.98. The monoisotopic (exact) mass is 198 g/mol. The number of thiazole rings is 1. The summed E-state index contributed by atoms with van der Waals surface area (Å²) < 4.78 is 0. The van der Waals surface area contributed by atoms with Gasteiger partial charge in [-0.2, -0.15) is 0 Å². The summed E-state index contributed by atoms with van der Waals surface area (Å²) >= 11 is 1.45. The molecule has 0 radical (unpaired) electrons. The van der Waals surface area contributed by atoms with Crippen LogP contribution < -0.4 is 5.32 Å². The first-order valence-electron chi connectivity index (χ1n) is 4.13. The van der Waals surface area contributed by atoms with Crippen molar-refractivity contribution in [2.45, 2.75) is 26.2 Å². The zero-order chi connectivity index (χ0) is 10.1. The molecule has 0 aliphatic carbocycles. The van der Waals surface area contributed by atoms with E-state index in [9.17, 15) is 4.79 Å². The molecule has 4 heteroatoms. The van der Waals surface area contributed by atoms with Crippen molar-refractivity contribution in [1.29, 1.82) is 0 Å². The number of carbonyl (C=O) groups excluding carboxylic acids is 1. The van der Waals surface area contributed by atoms with E-state index in [0.29, 0.717) is 4.88 Å². The van der Waals surface area contributed by atoms with Gasteiger partial charge in [-0.15, -0.1) is 11.3 Å². The van der Waals surface area contributed by atoms with E-state index in [1.807, 2.05) is 0 Å². The van der Waals surface area contributed by atoms with Crippen LogP contribution in [-0.2, 0) is 5.41 Å². The lowest BCUT2D eigenvalue weighted by molar-refractivity contribution is 0.0967. The van der Waals surface area contributed by atoms with Crippen LogP contribution in [-0.4, -0.2) is 17.9 Å². The average Bonchev–Trinajstić information content (AvgIpc) is 2.50. The van der Waals surface area contributed by atoms with Crippen LogP contribution in [0.25, 0.3) is 0 Å². The fourth-order valence-corrected chi connectivity index (χ4v) is 1.77. The molecule has 0 aliphatic rings. The predicted molar refractivity (Wildman–Crippen MR) is 54.2 cm³/mol. The van der Waals surface area contributed by atoms with Gasteiger partial charge in [-0.1, -0.05) is 20.8 Å². The van der Waals surface area contributed by atoms with Crippen molar-refractivity contribution < 1.29 is 4.79 Å². The van der Waals surface area contributed by atoms with E-state index < -0.39 is 0 Å². The quantitative estimate of drug-likeness (QED) is 0.747. The van der Waals surface area contributed by atoms with E-state index >= 15 is 0 Å². The summed E-state index contributed by atoms with van der Waals surface area (Å²) in [7, 11) is 1.62. The molecule has 0 aromatic carbocycles. The third-order valence-corrected chi connectivity index (χ3v) is 3.02. The second-order valence-corrected chi connectivity index (χ2v) is 4.89. The Labute approximate surface area is 82.2 Å². The van der Waals surface area contributed by atoms with E-state index in [-0.39, 0.29) is 11.3 Å². The lowest BCUT2D eigenvalue weighted by Gasteiger charge is -2.13. The molecule has 13 heavy (non-hydrogen) atoms. The van der Waals surface area contributed by atoms with Crippen LogP contribution in [0.1, 0.15) is 35.5 Å². The minimum absolute atomic E-state index is 0.0247. The number of amides is 1. The molecule has 72 valence electrons. The van der Waals surface area contributed by atoms with Crippen molar-refractivity contribution in [1.82, 2.24) is 10.3 Å². The Hall–Kier alpha value is -0.900. The Bertz CT molecular complexity index is 312. The molecule has 1 rings (SSSR count). The van der Waals surface area contributed by atoms with Gasteiger partial charge in [-0.25, -0.2) is 4.98 Å². The summed E-state index contributed by atoms with van der Waals surface area (Å²) in [4.78, 5) is 16.1. The molecule has 1 aromatic heterocycles. The summed E-state index contributed by atoms with van der Waals surface area (Å²) in [6.07, 6.45) is 1.63. The molecule has 1 heterocycles. The highest BCUT2D eigenvalue weighted by Gasteiger charge is 2.19. The van der Waals surface area contributed by atoms with Crippen molar-refractivity contribution in [3.63, 3.8) is 0 Å². The van der Waals surface area contributed by atoms with Gasteiger partial charge in [0.05, 0.1) is 11.2 Å². The van der Waals surface area contributed by atoms with Crippen LogP contribution in [0.15, 0.2) is 6.20 Å². The smallest absolute Gasteiger partial charge is 0.262 e. The number of carbonyl (C=O) groups is 1. The molecular weight excluding hydrogens is 184 g/mol. The highest BCUT2D eigenvalue weighted by Crippen LogP contribution is 2.26. The van der Waals surface area contributed by atoms with Gasteiger partial charge in [0.2, 0.25) is 0 Å². The third-order valence-electron chi connectivity index (χ3n) is 1.60. The Morgan fingerprint density at radius 2 is 2.15 bits per heavy atom. The van der Waals surface area contributed by atoms with Crippen LogP contribution in [0.4, 0.5) is 0 Å². The maximum atomic E-state index is 11.2. The normalized spacial score (nSPS) is 11.4. The van der Waals surface area contributed by atoms with Crippen molar-refractivity contribution >= 4 is 17.2 Å². The van der Waals surface area contributed by atoms with Gasteiger partial charge in [0.1, 0.15) is 4.88 Å². The van der Waals surface area contributed by atoms with E-state index in [2.05, 4.69) is 31.1 Å². The first-order valence-corrected chi connectivity index (χ1v) is 4.95. The minimum Gasteiger partial charge on any atom is -0.354 e. The van der Waals surface area contributed by atoms with Gasteiger partial charge >= 0.3 is 0 Å². The Kier molecular flexibility index (Phi) is 2.71. The molecule has 1 N–H and O–H groups in total. The number of hydrogen-bond donors (Lipinski definition) is 1. The summed E-state index contributed by atoms with van der Waals surface area (Å²) in [5.41, 5.74) is 0.0247. The third kappa shape index (κ3) is 2.28. The predicted octanol–water partition coefficient (Wildman–Crippen LogP) is 1.80. The lowest BCUT2D eigenvalue weighted by Crippen LogP contribution is -2.16. The molecule has 0 bridgehead atoms. The van der Waals surface area contributed by atoms with Gasteiger partial charge in [0, 0.05) is 12.5 Å². The summed E-state index contributed by atoms with van der Waals surface area (Å²) in [5.74, 6) is -0.0620. The Balaban J connectivity index is 2.93. The second-order valence-electron chi connectivity index (χ2n) is 3.86. The highest BCUT2D eigenvalue weighted by molar-refractivity contribution is 7.13. The molecule has 0 unspecified atom stereocenters. The minimum atomic E-state index is -0.0620. The molecule has 0 aliphatic heterocycles. The standard InChI is InChI=1S/C9H14N2OS/c1-9(2,3)8-11-5-6(13-8)7(12)10-4/h5H,1-4H3,(H,10,12). The number of rotatable bonds is 1. The topological polar surface area (TPSA) is 42.0 Å². The molecule has 0 spiro atoms. The SMILES string of the molecule is CNC(=O)c1cnc(C(C)(C)C)s1. The van der Waals surface area contributed by atoms with Gasteiger partial charge in [0.15, 0.2) is 0 Å². The number of nitrogens with one attached hydrogen (secondary N) is 1. The fraction of sp³-hybridized carbons (Fsp3) is 0.556. The summed E-state index contributed by atoms with van der Waals surface area (Å²) in [5, 5.41) is 3.57. The van der Waals surface area contributed by atoms with Crippen molar-refractivity contribution in [2.24, 2.45) is 0 Å². The van der Waals surface area contributed by atoms with Crippen LogP contribution in [0.3, 0.4) is 0 Å². The molecule has 0 atom stereocenters. The van der Waals surface area contributed by atoms with Crippen molar-refractivity contribution in [3.8, 4) is 0 Å². The zero-order valence-electron chi connectivity index (χ0n) is 8.34. The maximum Gasteiger partial charge on any atom is 0.262 e. The first kappa shape index (κ1) is 10.2. The Morgan fingerprint density at radius 3 is 2.54 bits per heavy atom. The number of hydrogen-bond acceptors (Lipinski definition) is 3. The number of nitrogens with zero attached hydrogens (tertiary/aromatic N) is 1. The molecular formula is C9H14N2OS. The molecule has 0 saturated carbocycles. The van der Waals surface area contributed by atoms with Gasteiger partial charge < -0.3 is 5.32 Å². The van der Waals surface area contributed by atoms with Crippen LogP contribution in [0, 0.1) is 0 Å². The molecule has 1 aromatic rings. The molecule has 0 saturated heterocycles. The van der Waals surface area contributed by atoms with Gasteiger partial charge in [-0.3, -0.25) is 4.79 Å². The first-order chi connectivity index (χ1) is 5.95. The van der Waals surface area contributed by atoms with E-state index in [4.69, 9.17) is 0 Å². The van der Waals surface area contributed by atoms with Crippen molar-refractivity contribution in [3.05, 3.63) is 16.1 Å². The van der Waals surface area contributed by atoms with E-state index in [1.54, 1.807) is 13.2 Å². The zero-order valence-corrected chi connectivity index (χ0v) is 9.16. The largest absolute Gasteiger partial charge is 0.354 e. The maximum absolute atomic E-state index is 11.2. The van der Waals surface area contributed by atoms with Crippen LogP contribution in [0.2, 0.25) is 0 Å². The van der Waals surface area contributed by atoms with Gasteiger partial charge in [-0.05, 0) is 0 Å². The fourth-order valence-electron chi connectivity index (χ4n) is 0.849. The Morgan fingerprint density at radius 1 is 1.54 bits per heavy atom.